The highest BCUT2D eigenvalue weighted by molar-refractivity contribution is 7.10. The number of carbonyl (C=O) groups excluding carboxylic acids is 1. The van der Waals surface area contributed by atoms with E-state index in [1.54, 1.807) is 30.4 Å². The van der Waals surface area contributed by atoms with Crippen LogP contribution in [0.25, 0.3) is 0 Å². The van der Waals surface area contributed by atoms with E-state index in [9.17, 15) is 14.9 Å². The number of anilines is 1. The lowest BCUT2D eigenvalue weighted by Gasteiger charge is -2.35. The fraction of sp³-hybridized carbons (Fsp3) is 0.227. The molecule has 0 saturated carbocycles. The van der Waals surface area contributed by atoms with Crippen LogP contribution in [0, 0.1) is 17.0 Å². The molecule has 6 nitrogen and oxygen atoms in total. The van der Waals surface area contributed by atoms with Gasteiger partial charge in [0, 0.05) is 17.5 Å². The molecular weight excluding hydrogens is 386 g/mol. The summed E-state index contributed by atoms with van der Waals surface area (Å²) in [6.07, 6.45) is 0.916. The number of nitro groups is 1. The number of hydrogen-bond donors (Lipinski definition) is 1. The van der Waals surface area contributed by atoms with Crippen molar-refractivity contribution in [2.75, 3.05) is 18.4 Å². The number of nitrogens with one attached hydrogen (secondary N) is 1. The Kier molecular flexibility index (Phi) is 5.42. The number of hydrogen-bond acceptors (Lipinski definition) is 5. The molecule has 2 aromatic carbocycles. The first-order valence-electron chi connectivity index (χ1n) is 9.43. The first-order chi connectivity index (χ1) is 14.0. The Hall–Kier alpha value is -3.03. The topological polar surface area (TPSA) is 75.5 Å². The van der Waals surface area contributed by atoms with Gasteiger partial charge in [-0.1, -0.05) is 36.4 Å². The highest BCUT2D eigenvalue weighted by Crippen LogP contribution is 2.37. The Bertz CT molecular complexity index is 1050. The molecule has 1 aromatic heterocycles. The van der Waals surface area contributed by atoms with Crippen molar-refractivity contribution in [3.05, 3.63) is 91.7 Å². The lowest BCUT2D eigenvalue weighted by Crippen LogP contribution is -2.40. The van der Waals surface area contributed by atoms with Crippen molar-refractivity contribution >= 4 is 28.6 Å². The van der Waals surface area contributed by atoms with Gasteiger partial charge in [-0.2, -0.15) is 0 Å². The second-order valence-electron chi connectivity index (χ2n) is 7.09. The summed E-state index contributed by atoms with van der Waals surface area (Å²) in [4.78, 5) is 27.1. The minimum Gasteiger partial charge on any atom is -0.324 e. The maximum Gasteiger partial charge on any atom is 0.274 e. The van der Waals surface area contributed by atoms with Gasteiger partial charge in [-0.25, -0.2) is 0 Å². The van der Waals surface area contributed by atoms with E-state index in [-0.39, 0.29) is 24.2 Å². The first-order valence-corrected chi connectivity index (χ1v) is 10.3. The van der Waals surface area contributed by atoms with Gasteiger partial charge < -0.3 is 5.32 Å². The van der Waals surface area contributed by atoms with Crippen molar-refractivity contribution in [1.82, 2.24) is 4.90 Å². The summed E-state index contributed by atoms with van der Waals surface area (Å²) < 4.78 is 0. The highest BCUT2D eigenvalue weighted by atomic mass is 32.1. The third-order valence-electron chi connectivity index (χ3n) is 5.30. The summed E-state index contributed by atoms with van der Waals surface area (Å²) >= 11 is 1.76. The molecule has 0 unspecified atom stereocenters. The van der Waals surface area contributed by atoms with Crippen molar-refractivity contribution in [2.45, 2.75) is 19.4 Å². The van der Waals surface area contributed by atoms with Crippen molar-refractivity contribution in [3.8, 4) is 0 Å². The van der Waals surface area contributed by atoms with Crippen LogP contribution in [0.2, 0.25) is 0 Å². The highest BCUT2D eigenvalue weighted by Gasteiger charge is 2.30. The fourth-order valence-electron chi connectivity index (χ4n) is 3.90. The number of amides is 1. The van der Waals surface area contributed by atoms with Crippen molar-refractivity contribution < 1.29 is 9.72 Å². The molecule has 0 fully saturated rings. The Balaban J connectivity index is 1.56. The van der Waals surface area contributed by atoms with Crippen LogP contribution in [0.15, 0.2) is 60.0 Å². The monoisotopic (exact) mass is 407 g/mol. The van der Waals surface area contributed by atoms with Gasteiger partial charge in [-0.3, -0.25) is 19.8 Å². The van der Waals surface area contributed by atoms with Gasteiger partial charge >= 0.3 is 0 Å². The molecule has 1 aliphatic heterocycles. The molecule has 0 saturated heterocycles. The minimum absolute atomic E-state index is 0.00542. The summed E-state index contributed by atoms with van der Waals surface area (Å²) in [6, 6.07) is 17.1. The van der Waals surface area contributed by atoms with Crippen LogP contribution >= 0.6 is 11.3 Å². The number of carbonyl (C=O) groups is 1. The Morgan fingerprint density at radius 1 is 1.21 bits per heavy atom. The smallest absolute Gasteiger partial charge is 0.274 e. The van der Waals surface area contributed by atoms with Gasteiger partial charge in [0.05, 0.1) is 28.8 Å². The van der Waals surface area contributed by atoms with Crippen LogP contribution in [0.1, 0.15) is 27.6 Å². The van der Waals surface area contributed by atoms with Crippen molar-refractivity contribution in [1.29, 1.82) is 0 Å². The van der Waals surface area contributed by atoms with Crippen LogP contribution in [0.5, 0.6) is 0 Å². The van der Waals surface area contributed by atoms with E-state index in [1.165, 1.54) is 16.5 Å². The molecule has 1 atom stereocenters. The molecule has 0 radical (unpaired) electrons. The SMILES string of the molecule is Cc1c(NC(=O)CN2CCc3sccc3[C@@H]2c2ccccc2)cccc1[N+](=O)[O-]. The average molecular weight is 407 g/mol. The van der Waals surface area contributed by atoms with Crippen LogP contribution in [0.3, 0.4) is 0 Å². The van der Waals surface area contributed by atoms with Gasteiger partial charge in [-0.15, -0.1) is 11.3 Å². The van der Waals surface area contributed by atoms with Crippen molar-refractivity contribution in [3.63, 3.8) is 0 Å². The van der Waals surface area contributed by atoms with E-state index in [1.807, 2.05) is 18.2 Å². The van der Waals surface area contributed by atoms with Crippen LogP contribution in [-0.2, 0) is 11.2 Å². The second kappa shape index (κ2) is 8.14. The zero-order valence-electron chi connectivity index (χ0n) is 16.0. The maximum atomic E-state index is 12.8. The van der Waals surface area contributed by atoms with Crippen LogP contribution in [0.4, 0.5) is 11.4 Å². The molecule has 7 heteroatoms. The van der Waals surface area contributed by atoms with E-state index in [4.69, 9.17) is 0 Å². The molecule has 0 aliphatic carbocycles. The van der Waals surface area contributed by atoms with E-state index >= 15 is 0 Å². The third kappa shape index (κ3) is 3.92. The molecule has 3 aromatic rings. The molecule has 0 bridgehead atoms. The lowest BCUT2D eigenvalue weighted by molar-refractivity contribution is -0.385. The summed E-state index contributed by atoms with van der Waals surface area (Å²) in [7, 11) is 0. The van der Waals surface area contributed by atoms with E-state index in [0.717, 1.165) is 18.5 Å². The number of nitro benzene ring substituents is 1. The number of thiophene rings is 1. The largest absolute Gasteiger partial charge is 0.324 e. The average Bonchev–Trinajstić information content (AvgIpc) is 3.18. The van der Waals surface area contributed by atoms with Gasteiger partial charge in [0.2, 0.25) is 5.91 Å². The Morgan fingerprint density at radius 3 is 2.76 bits per heavy atom. The zero-order chi connectivity index (χ0) is 20.4. The van der Waals surface area contributed by atoms with Crippen molar-refractivity contribution in [2.24, 2.45) is 0 Å². The molecule has 4 rings (SSSR count). The van der Waals surface area contributed by atoms with Gasteiger partial charge in [-0.05, 0) is 42.0 Å². The molecule has 0 spiro atoms. The van der Waals surface area contributed by atoms with Crippen LogP contribution < -0.4 is 5.32 Å². The minimum atomic E-state index is -0.431. The third-order valence-corrected chi connectivity index (χ3v) is 6.30. The molecular formula is C22H21N3O3S. The summed E-state index contributed by atoms with van der Waals surface area (Å²) in [5.41, 5.74) is 3.36. The summed E-state index contributed by atoms with van der Waals surface area (Å²) in [6.45, 7) is 2.66. The number of benzene rings is 2. The molecule has 1 amide bonds. The zero-order valence-corrected chi connectivity index (χ0v) is 16.8. The number of fused-ring (bicyclic) bond motifs is 1. The summed E-state index contributed by atoms with van der Waals surface area (Å²) in [5.74, 6) is -0.173. The molecule has 148 valence electrons. The second-order valence-corrected chi connectivity index (χ2v) is 8.09. The molecule has 29 heavy (non-hydrogen) atoms. The Morgan fingerprint density at radius 2 is 2.00 bits per heavy atom. The van der Waals surface area contributed by atoms with E-state index in [2.05, 4.69) is 33.8 Å². The molecule has 1 aliphatic rings. The van der Waals surface area contributed by atoms with E-state index in [0.29, 0.717) is 11.3 Å². The molecule has 1 N–H and O–H groups in total. The quantitative estimate of drug-likeness (QED) is 0.497. The Labute approximate surface area is 172 Å². The molecule has 2 heterocycles. The van der Waals surface area contributed by atoms with Crippen LogP contribution in [-0.4, -0.2) is 28.8 Å². The number of rotatable bonds is 5. The first kappa shape index (κ1) is 19.3. The van der Waals surface area contributed by atoms with Gasteiger partial charge in [0.1, 0.15) is 0 Å². The predicted molar refractivity (Wildman–Crippen MR) is 114 cm³/mol. The number of nitrogens with zero attached hydrogens (tertiary/aromatic N) is 2. The predicted octanol–water partition coefficient (Wildman–Crippen LogP) is 4.55. The van der Waals surface area contributed by atoms with Gasteiger partial charge in [0.25, 0.3) is 5.69 Å². The standard InChI is InChI=1S/C22H21N3O3S/c1-15-18(8-5-9-19(15)25(27)28)23-21(26)14-24-12-10-20-17(11-13-29-20)22(24)16-6-3-2-4-7-16/h2-9,11,13,22H,10,12,14H2,1H3,(H,23,26)/t22-/m0/s1. The fourth-order valence-corrected chi connectivity index (χ4v) is 4.80. The maximum absolute atomic E-state index is 12.8. The summed E-state index contributed by atoms with van der Waals surface area (Å²) in [5, 5.41) is 16.1. The van der Waals surface area contributed by atoms with E-state index < -0.39 is 4.92 Å². The normalized spacial score (nSPS) is 16.2. The lowest BCUT2D eigenvalue weighted by atomic mass is 9.93. The van der Waals surface area contributed by atoms with Gasteiger partial charge in [0.15, 0.2) is 0 Å².